The second-order valence-corrected chi connectivity index (χ2v) is 7.24. The summed E-state index contributed by atoms with van der Waals surface area (Å²) in [5.41, 5.74) is 3.97. The number of nitrogens with one attached hydrogen (secondary N) is 1. The highest BCUT2D eigenvalue weighted by Crippen LogP contribution is 2.39. The van der Waals surface area contributed by atoms with Crippen LogP contribution in [0.1, 0.15) is 9.78 Å². The summed E-state index contributed by atoms with van der Waals surface area (Å²) in [5, 5.41) is 2.88. The summed E-state index contributed by atoms with van der Waals surface area (Å²) in [5.74, 6) is 0.0860. The summed E-state index contributed by atoms with van der Waals surface area (Å²) in [7, 11) is 0. The third-order valence-electron chi connectivity index (χ3n) is 5.26. The van der Waals surface area contributed by atoms with E-state index in [2.05, 4.69) is 15.2 Å². The Kier molecular flexibility index (Phi) is 4.47. The first kappa shape index (κ1) is 18.4. The van der Waals surface area contributed by atoms with Crippen molar-refractivity contribution in [1.29, 1.82) is 0 Å². The number of amides is 1. The smallest absolute Gasteiger partial charge is 0.273 e. The molecule has 153 valence electrons. The van der Waals surface area contributed by atoms with Crippen LogP contribution in [-0.4, -0.2) is 24.8 Å². The van der Waals surface area contributed by atoms with Gasteiger partial charge in [0.2, 0.25) is 0 Å². The van der Waals surface area contributed by atoms with E-state index < -0.39 is 0 Å². The molecule has 0 saturated carbocycles. The Hall–Kier alpha value is -3.67. The number of hydrogen-bond acceptors (Lipinski definition) is 4. The second-order valence-electron chi connectivity index (χ2n) is 7.24. The molecule has 1 amide bonds. The van der Waals surface area contributed by atoms with Gasteiger partial charge in [-0.15, -0.1) is 0 Å². The number of hydrogen-bond donors (Lipinski definition) is 1. The van der Waals surface area contributed by atoms with Gasteiger partial charge in [-0.3, -0.25) is 9.79 Å². The SMILES string of the molecule is CC1=CC=C(F)C2=CC(C(=O)Nc3cccc(N4CCOc5ccccc54)c3)=N[C]12.[HH].[HH]. The maximum atomic E-state index is 14.1. The first-order valence-corrected chi connectivity index (χ1v) is 9.73. The van der Waals surface area contributed by atoms with Crippen LogP contribution < -0.4 is 15.0 Å². The van der Waals surface area contributed by atoms with Crippen molar-refractivity contribution in [2.75, 3.05) is 23.4 Å². The maximum absolute atomic E-state index is 14.1. The normalized spacial score (nSPS) is 17.7. The van der Waals surface area contributed by atoms with Crippen LogP contribution in [0.15, 0.2) is 88.7 Å². The molecular weight excluding hydrogens is 381 g/mol. The Balaban J connectivity index is 0.00000144. The molecule has 2 aliphatic heterocycles. The standard InChI is InChI=1S/C24H19FN3O2.2H2/c1-15-9-10-19(25)18-14-20(27-23(15)18)24(29)26-16-5-4-6-17(13-16)28-11-12-30-22-8-3-2-7-21(22)28;;/h2-10,13-14H,11-12H2,1H3,(H,26,29);2*1H. The molecule has 2 aromatic carbocycles. The van der Waals surface area contributed by atoms with Crippen molar-refractivity contribution in [2.45, 2.75) is 6.92 Å². The van der Waals surface area contributed by atoms with Gasteiger partial charge >= 0.3 is 0 Å². The van der Waals surface area contributed by atoms with E-state index >= 15 is 0 Å². The van der Waals surface area contributed by atoms with Crippen LogP contribution in [-0.2, 0) is 4.79 Å². The number of carbonyl (C=O) groups is 1. The molecule has 0 saturated heterocycles. The van der Waals surface area contributed by atoms with Gasteiger partial charge in [-0.25, -0.2) is 4.39 Å². The van der Waals surface area contributed by atoms with Crippen molar-refractivity contribution < 1.29 is 16.8 Å². The minimum atomic E-state index is -0.380. The molecule has 3 aliphatic rings. The third-order valence-corrected chi connectivity index (χ3v) is 5.26. The van der Waals surface area contributed by atoms with Crippen LogP contribution in [0.2, 0.25) is 0 Å². The lowest BCUT2D eigenvalue weighted by Gasteiger charge is -2.31. The van der Waals surface area contributed by atoms with Crippen LogP contribution in [0.3, 0.4) is 0 Å². The second kappa shape index (κ2) is 7.30. The predicted octanol–water partition coefficient (Wildman–Crippen LogP) is 5.37. The molecule has 6 heteroatoms. The molecule has 2 heterocycles. The van der Waals surface area contributed by atoms with E-state index in [1.165, 1.54) is 12.2 Å². The largest absolute Gasteiger partial charge is 0.490 e. The molecule has 0 atom stereocenters. The first-order chi connectivity index (χ1) is 14.6. The van der Waals surface area contributed by atoms with Crippen LogP contribution in [0.4, 0.5) is 21.5 Å². The molecule has 1 radical (unpaired) electrons. The zero-order chi connectivity index (χ0) is 20.7. The van der Waals surface area contributed by atoms with E-state index in [1.807, 2.05) is 55.5 Å². The van der Waals surface area contributed by atoms with Crippen LogP contribution in [0.5, 0.6) is 5.75 Å². The van der Waals surface area contributed by atoms with E-state index in [0.717, 1.165) is 22.7 Å². The zero-order valence-corrected chi connectivity index (χ0v) is 16.4. The number of fused-ring (bicyclic) bond motifs is 2. The summed E-state index contributed by atoms with van der Waals surface area (Å²) < 4.78 is 19.8. The summed E-state index contributed by atoms with van der Waals surface area (Å²) in [6.07, 6.45) is 4.55. The molecule has 0 bridgehead atoms. The maximum Gasteiger partial charge on any atom is 0.273 e. The molecule has 30 heavy (non-hydrogen) atoms. The van der Waals surface area contributed by atoms with Gasteiger partial charge in [0.05, 0.1) is 12.2 Å². The molecule has 5 nitrogen and oxygen atoms in total. The number of benzene rings is 2. The number of halogens is 1. The summed E-state index contributed by atoms with van der Waals surface area (Å²) in [6, 6.07) is 16.0. The highest BCUT2D eigenvalue weighted by molar-refractivity contribution is 6.48. The van der Waals surface area contributed by atoms with Gasteiger partial charge < -0.3 is 15.0 Å². The summed E-state index contributed by atoms with van der Waals surface area (Å²) >= 11 is 0. The van der Waals surface area contributed by atoms with E-state index in [-0.39, 0.29) is 20.3 Å². The molecule has 0 unspecified atom stereocenters. The lowest BCUT2D eigenvalue weighted by molar-refractivity contribution is -0.110. The van der Waals surface area contributed by atoms with Crippen molar-refractivity contribution in [3.05, 3.63) is 89.8 Å². The molecule has 0 aromatic heterocycles. The van der Waals surface area contributed by atoms with Crippen LogP contribution >= 0.6 is 0 Å². The zero-order valence-electron chi connectivity index (χ0n) is 16.4. The minimum Gasteiger partial charge on any atom is -0.490 e. The molecular formula is C24H23FN3O2. The molecule has 0 fully saturated rings. The van der Waals surface area contributed by atoms with E-state index in [4.69, 9.17) is 4.74 Å². The molecule has 1 aliphatic carbocycles. The fourth-order valence-corrected chi connectivity index (χ4v) is 3.77. The fourth-order valence-electron chi connectivity index (χ4n) is 3.77. The van der Waals surface area contributed by atoms with Crippen molar-refractivity contribution in [3.8, 4) is 5.75 Å². The number of allylic oxidation sites excluding steroid dienone is 2. The lowest BCUT2D eigenvalue weighted by Crippen LogP contribution is -2.28. The Morgan fingerprint density at radius 1 is 1.20 bits per heavy atom. The van der Waals surface area contributed by atoms with Gasteiger partial charge in [-0.1, -0.05) is 24.3 Å². The summed E-state index contributed by atoms with van der Waals surface area (Å²) in [6.45, 7) is 3.14. The van der Waals surface area contributed by atoms with E-state index in [0.29, 0.717) is 30.5 Å². The minimum absolute atomic E-state index is 0. The van der Waals surface area contributed by atoms with Crippen molar-refractivity contribution in [2.24, 2.45) is 4.99 Å². The van der Waals surface area contributed by atoms with Crippen molar-refractivity contribution in [3.63, 3.8) is 0 Å². The number of aliphatic imine (C=N–C) groups is 1. The Morgan fingerprint density at radius 3 is 2.93 bits per heavy atom. The van der Waals surface area contributed by atoms with Gasteiger partial charge in [0.1, 0.15) is 29.9 Å². The van der Waals surface area contributed by atoms with Crippen LogP contribution in [0.25, 0.3) is 0 Å². The number of anilines is 3. The van der Waals surface area contributed by atoms with Crippen LogP contribution in [0, 0.1) is 6.04 Å². The molecule has 2 aromatic rings. The highest BCUT2D eigenvalue weighted by Gasteiger charge is 2.31. The topological polar surface area (TPSA) is 53.9 Å². The average molecular weight is 404 g/mol. The van der Waals surface area contributed by atoms with Crippen molar-refractivity contribution in [1.82, 2.24) is 0 Å². The number of nitrogens with zero attached hydrogens (tertiary/aromatic N) is 2. The first-order valence-electron chi connectivity index (χ1n) is 9.73. The van der Waals surface area contributed by atoms with Gasteiger partial charge in [0.25, 0.3) is 5.91 Å². The predicted molar refractivity (Wildman–Crippen MR) is 120 cm³/mol. The Morgan fingerprint density at radius 2 is 2.07 bits per heavy atom. The average Bonchev–Trinajstić information content (AvgIpc) is 3.23. The Labute approximate surface area is 176 Å². The van der Waals surface area contributed by atoms with E-state index in [1.54, 1.807) is 6.08 Å². The third kappa shape index (κ3) is 3.20. The number of rotatable bonds is 3. The van der Waals surface area contributed by atoms with E-state index in [9.17, 15) is 9.18 Å². The van der Waals surface area contributed by atoms with Gasteiger partial charge in [0, 0.05) is 19.8 Å². The quantitative estimate of drug-likeness (QED) is 0.748. The van der Waals surface area contributed by atoms with Crippen molar-refractivity contribution >= 4 is 28.7 Å². The van der Waals surface area contributed by atoms with Gasteiger partial charge in [-0.2, -0.15) is 0 Å². The summed E-state index contributed by atoms with van der Waals surface area (Å²) in [4.78, 5) is 19.2. The number of ether oxygens (including phenoxy) is 1. The lowest BCUT2D eigenvalue weighted by atomic mass is 9.96. The monoisotopic (exact) mass is 404 g/mol. The Bertz CT molecular complexity index is 1170. The number of para-hydroxylation sites is 2. The van der Waals surface area contributed by atoms with Gasteiger partial charge in [0.15, 0.2) is 0 Å². The highest BCUT2D eigenvalue weighted by atomic mass is 19.1. The van der Waals surface area contributed by atoms with Gasteiger partial charge in [-0.05, 0) is 55.0 Å². The molecule has 0 spiro atoms. The molecule has 1 N–H and O–H groups in total. The molecule has 5 rings (SSSR count). The number of carbonyl (C=O) groups excluding carboxylic acids is 1. The fraction of sp³-hybridized carbons (Fsp3) is 0.125.